The molecule has 0 saturated heterocycles. The normalized spacial score (nSPS) is 16.4. The second kappa shape index (κ2) is 8.92. The van der Waals surface area contributed by atoms with Gasteiger partial charge < -0.3 is 14.8 Å². The highest BCUT2D eigenvalue weighted by Gasteiger charge is 2.37. The van der Waals surface area contributed by atoms with Crippen LogP contribution in [0.1, 0.15) is 18.5 Å². The number of amides is 1. The second-order valence-corrected chi connectivity index (χ2v) is 9.26. The minimum atomic E-state index is -3.88. The van der Waals surface area contributed by atoms with Crippen molar-refractivity contribution in [1.29, 1.82) is 0 Å². The van der Waals surface area contributed by atoms with Crippen molar-refractivity contribution in [3.05, 3.63) is 84.4 Å². The molecule has 3 aromatic carbocycles. The number of nitrogens with one attached hydrogen (secondary N) is 1. The van der Waals surface area contributed by atoms with Crippen LogP contribution in [0.2, 0.25) is 0 Å². The number of para-hydroxylation sites is 3. The smallest absolute Gasteiger partial charge is 0.264 e. The third-order valence-corrected chi connectivity index (χ3v) is 7.12. The zero-order valence-corrected chi connectivity index (χ0v) is 18.6. The van der Waals surface area contributed by atoms with Gasteiger partial charge in [-0.1, -0.05) is 48.5 Å². The van der Waals surface area contributed by atoms with Gasteiger partial charge in [-0.05, 0) is 37.3 Å². The van der Waals surface area contributed by atoms with E-state index in [1.807, 2.05) is 31.2 Å². The van der Waals surface area contributed by atoms with Gasteiger partial charge in [0.15, 0.2) is 6.10 Å². The number of rotatable bonds is 6. The van der Waals surface area contributed by atoms with E-state index in [1.165, 1.54) is 16.4 Å². The molecular formula is C24H24N2O5S. The Bertz CT molecular complexity index is 1210. The number of nitrogens with zero attached hydrogens (tertiary/aromatic N) is 1. The van der Waals surface area contributed by atoms with Crippen molar-refractivity contribution in [2.24, 2.45) is 0 Å². The molecule has 32 heavy (non-hydrogen) atoms. The number of carbonyl (C=O) groups excluding carboxylic acids is 1. The molecule has 0 saturated carbocycles. The summed E-state index contributed by atoms with van der Waals surface area (Å²) >= 11 is 0. The molecule has 8 heteroatoms. The molecular weight excluding hydrogens is 428 g/mol. The molecule has 0 radical (unpaired) electrons. The maximum Gasteiger partial charge on any atom is 0.264 e. The van der Waals surface area contributed by atoms with Gasteiger partial charge in [0, 0.05) is 5.56 Å². The highest BCUT2D eigenvalue weighted by atomic mass is 32.2. The lowest BCUT2D eigenvalue weighted by molar-refractivity contribution is -0.128. The summed E-state index contributed by atoms with van der Waals surface area (Å²) in [5.74, 6) is 0.581. The number of hydrogen-bond acceptors (Lipinski definition) is 5. The Labute approximate surface area is 187 Å². The summed E-state index contributed by atoms with van der Waals surface area (Å²) in [5.41, 5.74) is 1.21. The van der Waals surface area contributed by atoms with E-state index in [0.717, 1.165) is 5.56 Å². The summed E-state index contributed by atoms with van der Waals surface area (Å²) in [6.45, 7) is 1.70. The molecule has 1 aliphatic rings. The molecule has 4 rings (SSSR count). The number of anilines is 1. The Morgan fingerprint density at radius 3 is 2.44 bits per heavy atom. The lowest BCUT2D eigenvalue weighted by Crippen LogP contribution is -2.51. The van der Waals surface area contributed by atoms with Crippen molar-refractivity contribution in [2.45, 2.75) is 24.0 Å². The van der Waals surface area contributed by atoms with Gasteiger partial charge in [-0.3, -0.25) is 9.10 Å². The van der Waals surface area contributed by atoms with Gasteiger partial charge >= 0.3 is 0 Å². The monoisotopic (exact) mass is 452 g/mol. The first kappa shape index (κ1) is 21.7. The molecule has 166 valence electrons. The summed E-state index contributed by atoms with van der Waals surface area (Å²) in [7, 11) is -2.31. The van der Waals surface area contributed by atoms with Crippen LogP contribution in [-0.4, -0.2) is 34.1 Å². The minimum absolute atomic E-state index is 0.140. The maximum absolute atomic E-state index is 13.4. The van der Waals surface area contributed by atoms with Crippen LogP contribution in [0.5, 0.6) is 11.5 Å². The Kier molecular flexibility index (Phi) is 6.05. The zero-order valence-electron chi connectivity index (χ0n) is 17.8. The average molecular weight is 453 g/mol. The SMILES string of the molecule is COc1ccccc1[C@H](C)NC(=O)[C@@H]1CN(S(=O)(=O)c2ccccc2)c2ccccc2O1. The molecule has 1 heterocycles. The lowest BCUT2D eigenvalue weighted by atomic mass is 10.1. The standard InChI is InChI=1S/C24H24N2O5S/c1-17(19-12-6-8-14-21(19)30-2)25-24(27)23-16-26(20-13-7-9-15-22(20)31-23)32(28,29)18-10-4-3-5-11-18/h3-15,17,23H,16H2,1-2H3,(H,25,27)/t17-,23-/m0/s1. The molecule has 0 unspecified atom stereocenters. The summed E-state index contributed by atoms with van der Waals surface area (Å²) in [6, 6.07) is 22.0. The van der Waals surface area contributed by atoms with Gasteiger partial charge in [-0.2, -0.15) is 0 Å². The molecule has 1 aliphatic heterocycles. The lowest BCUT2D eigenvalue weighted by Gasteiger charge is -2.35. The summed E-state index contributed by atoms with van der Waals surface area (Å²) < 4.78 is 39.2. The molecule has 0 bridgehead atoms. The van der Waals surface area contributed by atoms with E-state index in [0.29, 0.717) is 17.2 Å². The van der Waals surface area contributed by atoms with Crippen LogP contribution in [0.4, 0.5) is 5.69 Å². The predicted molar refractivity (Wildman–Crippen MR) is 121 cm³/mol. The average Bonchev–Trinajstić information content (AvgIpc) is 2.83. The summed E-state index contributed by atoms with van der Waals surface area (Å²) in [5, 5.41) is 2.92. The molecule has 0 aliphatic carbocycles. The van der Waals surface area contributed by atoms with Crippen molar-refractivity contribution < 1.29 is 22.7 Å². The number of carbonyl (C=O) groups is 1. The molecule has 3 aromatic rings. The highest BCUT2D eigenvalue weighted by Crippen LogP contribution is 2.37. The van der Waals surface area contributed by atoms with Gasteiger partial charge in [0.2, 0.25) is 0 Å². The number of benzene rings is 3. The maximum atomic E-state index is 13.4. The molecule has 1 amide bonds. The van der Waals surface area contributed by atoms with Crippen LogP contribution in [-0.2, 0) is 14.8 Å². The topological polar surface area (TPSA) is 84.9 Å². The van der Waals surface area contributed by atoms with E-state index < -0.39 is 22.0 Å². The Morgan fingerprint density at radius 1 is 1.03 bits per heavy atom. The molecule has 0 fully saturated rings. The Balaban J connectivity index is 1.62. The van der Waals surface area contributed by atoms with Crippen molar-refractivity contribution in [3.63, 3.8) is 0 Å². The largest absolute Gasteiger partial charge is 0.496 e. The third kappa shape index (κ3) is 4.13. The fourth-order valence-corrected chi connectivity index (χ4v) is 5.19. The van der Waals surface area contributed by atoms with E-state index in [1.54, 1.807) is 49.6 Å². The van der Waals surface area contributed by atoms with Crippen molar-refractivity contribution >= 4 is 21.6 Å². The minimum Gasteiger partial charge on any atom is -0.496 e. The fraction of sp³-hybridized carbons (Fsp3) is 0.208. The van der Waals surface area contributed by atoms with Gasteiger partial charge in [0.05, 0.1) is 30.3 Å². The number of fused-ring (bicyclic) bond motifs is 1. The molecule has 0 aromatic heterocycles. The van der Waals surface area contributed by atoms with Crippen molar-refractivity contribution in [2.75, 3.05) is 18.0 Å². The van der Waals surface area contributed by atoms with Crippen LogP contribution in [0.25, 0.3) is 0 Å². The van der Waals surface area contributed by atoms with Gasteiger partial charge in [-0.25, -0.2) is 8.42 Å². The van der Waals surface area contributed by atoms with E-state index in [9.17, 15) is 13.2 Å². The first-order valence-corrected chi connectivity index (χ1v) is 11.6. The number of methoxy groups -OCH3 is 1. The Morgan fingerprint density at radius 2 is 1.69 bits per heavy atom. The quantitative estimate of drug-likeness (QED) is 0.619. The number of hydrogen-bond donors (Lipinski definition) is 1. The molecule has 0 spiro atoms. The summed E-state index contributed by atoms with van der Waals surface area (Å²) in [4.78, 5) is 13.3. The van der Waals surface area contributed by atoms with Gasteiger partial charge in [0.1, 0.15) is 11.5 Å². The fourth-order valence-electron chi connectivity index (χ4n) is 3.69. The first-order chi connectivity index (χ1) is 15.4. The van der Waals surface area contributed by atoms with Crippen molar-refractivity contribution in [1.82, 2.24) is 5.32 Å². The van der Waals surface area contributed by atoms with Crippen LogP contribution in [0, 0.1) is 0 Å². The summed E-state index contributed by atoms with van der Waals surface area (Å²) in [6.07, 6.45) is -1.01. The zero-order chi connectivity index (χ0) is 22.7. The van der Waals surface area contributed by atoms with Crippen LogP contribution >= 0.6 is 0 Å². The first-order valence-electron chi connectivity index (χ1n) is 10.2. The van der Waals surface area contributed by atoms with Crippen LogP contribution in [0.3, 0.4) is 0 Å². The molecule has 1 N–H and O–H groups in total. The predicted octanol–water partition coefficient (Wildman–Crippen LogP) is 3.53. The third-order valence-electron chi connectivity index (χ3n) is 5.32. The molecule has 7 nitrogen and oxygen atoms in total. The van der Waals surface area contributed by atoms with E-state index in [2.05, 4.69) is 5.32 Å². The van der Waals surface area contributed by atoms with E-state index >= 15 is 0 Å². The van der Waals surface area contributed by atoms with E-state index in [-0.39, 0.29) is 17.5 Å². The van der Waals surface area contributed by atoms with Crippen molar-refractivity contribution in [3.8, 4) is 11.5 Å². The van der Waals surface area contributed by atoms with E-state index in [4.69, 9.17) is 9.47 Å². The van der Waals surface area contributed by atoms with Gasteiger partial charge in [0.25, 0.3) is 15.9 Å². The molecule has 2 atom stereocenters. The number of ether oxygens (including phenoxy) is 2. The number of sulfonamides is 1. The highest BCUT2D eigenvalue weighted by molar-refractivity contribution is 7.92. The Hall–Kier alpha value is -3.52. The van der Waals surface area contributed by atoms with Crippen LogP contribution < -0.4 is 19.1 Å². The van der Waals surface area contributed by atoms with Crippen LogP contribution in [0.15, 0.2) is 83.8 Å². The second-order valence-electron chi connectivity index (χ2n) is 7.40. The van der Waals surface area contributed by atoms with Gasteiger partial charge in [-0.15, -0.1) is 0 Å².